The van der Waals surface area contributed by atoms with E-state index in [2.05, 4.69) is 26.0 Å². The van der Waals surface area contributed by atoms with Gasteiger partial charge in [0.25, 0.3) is 0 Å². The Morgan fingerprint density at radius 3 is 2.55 bits per heavy atom. The maximum absolute atomic E-state index is 12.3. The molecule has 0 saturated carbocycles. The van der Waals surface area contributed by atoms with Gasteiger partial charge in [-0.15, -0.1) is 13.2 Å². The van der Waals surface area contributed by atoms with Crippen molar-refractivity contribution in [2.45, 2.75) is 12.8 Å². The molecule has 0 aromatic heterocycles. The summed E-state index contributed by atoms with van der Waals surface area (Å²) in [7, 11) is -3.08. The summed E-state index contributed by atoms with van der Waals surface area (Å²) < 4.78 is 63.0. The van der Waals surface area contributed by atoms with Crippen molar-refractivity contribution in [1.29, 1.82) is 0 Å². The van der Waals surface area contributed by atoms with Gasteiger partial charge in [-0.05, 0) is 24.6 Å². The zero-order valence-corrected chi connectivity index (χ0v) is 12.9. The van der Waals surface area contributed by atoms with Crippen LogP contribution >= 0.6 is 15.9 Å². The molecule has 0 saturated heterocycles. The Kier molecular flexibility index (Phi) is 5.69. The quantitative estimate of drug-likeness (QED) is 0.775. The Morgan fingerprint density at radius 2 is 2.00 bits per heavy atom. The van der Waals surface area contributed by atoms with Crippen LogP contribution in [0, 0.1) is 0 Å². The monoisotopic (exact) mass is 375 g/mol. The number of halogens is 4. The molecule has 0 aliphatic heterocycles. The Labute approximate surface area is 123 Å². The summed E-state index contributed by atoms with van der Waals surface area (Å²) in [4.78, 5) is 0. The molecule has 0 heterocycles. The van der Waals surface area contributed by atoms with Crippen molar-refractivity contribution >= 4 is 31.5 Å². The SMILES string of the molecule is CS(=O)(=O)CCCNc1ccc(Br)cc1OC(F)(F)F. The largest absolute Gasteiger partial charge is 0.573 e. The summed E-state index contributed by atoms with van der Waals surface area (Å²) >= 11 is 3.06. The smallest absolute Gasteiger partial charge is 0.404 e. The van der Waals surface area contributed by atoms with Crippen molar-refractivity contribution in [3.05, 3.63) is 22.7 Å². The molecule has 1 rings (SSSR count). The lowest BCUT2D eigenvalue weighted by molar-refractivity contribution is -0.274. The van der Waals surface area contributed by atoms with E-state index in [0.29, 0.717) is 10.9 Å². The molecule has 0 radical (unpaired) electrons. The van der Waals surface area contributed by atoms with Gasteiger partial charge in [-0.3, -0.25) is 0 Å². The lowest BCUT2D eigenvalue weighted by atomic mass is 10.3. The fourth-order valence-corrected chi connectivity index (χ4v) is 2.42. The van der Waals surface area contributed by atoms with Crippen LogP contribution in [0.5, 0.6) is 5.75 Å². The highest BCUT2D eigenvalue weighted by molar-refractivity contribution is 9.10. The first kappa shape index (κ1) is 17.1. The molecule has 0 aliphatic rings. The summed E-state index contributed by atoms with van der Waals surface area (Å²) in [5.41, 5.74) is 0.152. The Morgan fingerprint density at radius 1 is 1.35 bits per heavy atom. The van der Waals surface area contributed by atoms with E-state index in [1.165, 1.54) is 12.1 Å². The molecule has 114 valence electrons. The molecular weight excluding hydrogens is 363 g/mol. The van der Waals surface area contributed by atoms with Crippen molar-refractivity contribution in [1.82, 2.24) is 0 Å². The minimum Gasteiger partial charge on any atom is -0.404 e. The summed E-state index contributed by atoms with van der Waals surface area (Å²) in [5, 5.41) is 2.73. The van der Waals surface area contributed by atoms with Crippen LogP contribution in [0.15, 0.2) is 22.7 Å². The highest BCUT2D eigenvalue weighted by Crippen LogP contribution is 2.32. The fraction of sp³-hybridized carbons (Fsp3) is 0.455. The summed E-state index contributed by atoms with van der Waals surface area (Å²) in [6, 6.07) is 4.17. The Bertz CT molecular complexity index is 561. The zero-order valence-electron chi connectivity index (χ0n) is 10.5. The summed E-state index contributed by atoms with van der Waals surface area (Å²) in [6.45, 7) is 0.225. The molecule has 0 atom stereocenters. The first-order valence-corrected chi connectivity index (χ1v) is 8.39. The van der Waals surface area contributed by atoms with E-state index in [1.54, 1.807) is 6.07 Å². The van der Waals surface area contributed by atoms with E-state index >= 15 is 0 Å². The maximum Gasteiger partial charge on any atom is 0.573 e. The van der Waals surface area contributed by atoms with Crippen LogP contribution in [-0.4, -0.2) is 33.3 Å². The lowest BCUT2D eigenvalue weighted by Crippen LogP contribution is -2.18. The molecule has 0 aliphatic carbocycles. The fourth-order valence-electron chi connectivity index (χ4n) is 1.41. The first-order valence-electron chi connectivity index (χ1n) is 5.54. The minimum atomic E-state index is -4.79. The normalized spacial score (nSPS) is 12.2. The number of benzene rings is 1. The van der Waals surface area contributed by atoms with Gasteiger partial charge in [0.2, 0.25) is 0 Å². The number of sulfone groups is 1. The van der Waals surface area contributed by atoms with Crippen LogP contribution < -0.4 is 10.1 Å². The number of hydrogen-bond acceptors (Lipinski definition) is 4. The van der Waals surface area contributed by atoms with Crippen LogP contribution in [0.4, 0.5) is 18.9 Å². The molecule has 1 N–H and O–H groups in total. The highest BCUT2D eigenvalue weighted by atomic mass is 79.9. The number of hydrogen-bond donors (Lipinski definition) is 1. The standard InChI is InChI=1S/C11H13BrF3NO3S/c1-20(17,18)6-2-5-16-9-4-3-8(12)7-10(9)19-11(13,14)15/h3-4,7,16H,2,5-6H2,1H3. The van der Waals surface area contributed by atoms with Gasteiger partial charge in [0.05, 0.1) is 11.4 Å². The molecule has 0 bridgehead atoms. The second kappa shape index (κ2) is 6.66. The average Bonchev–Trinajstić information content (AvgIpc) is 2.23. The molecule has 0 fully saturated rings. The van der Waals surface area contributed by atoms with Gasteiger partial charge < -0.3 is 10.1 Å². The topological polar surface area (TPSA) is 55.4 Å². The van der Waals surface area contributed by atoms with E-state index in [4.69, 9.17) is 0 Å². The number of nitrogens with one attached hydrogen (secondary N) is 1. The van der Waals surface area contributed by atoms with Crippen molar-refractivity contribution in [3.63, 3.8) is 0 Å². The number of anilines is 1. The van der Waals surface area contributed by atoms with Crippen LogP contribution in [0.1, 0.15) is 6.42 Å². The predicted octanol–water partition coefficient (Wildman–Crippen LogP) is 3.19. The van der Waals surface area contributed by atoms with Gasteiger partial charge in [0, 0.05) is 17.3 Å². The summed E-state index contributed by atoms with van der Waals surface area (Å²) in [6.07, 6.45) is -3.39. The molecule has 0 spiro atoms. The van der Waals surface area contributed by atoms with Crippen LogP contribution in [0.3, 0.4) is 0 Å². The van der Waals surface area contributed by atoms with E-state index in [0.717, 1.165) is 6.26 Å². The average molecular weight is 376 g/mol. The van der Waals surface area contributed by atoms with Crippen molar-refractivity contribution in [2.24, 2.45) is 0 Å². The second-order valence-electron chi connectivity index (χ2n) is 4.10. The first-order chi connectivity index (χ1) is 9.07. The van der Waals surface area contributed by atoms with Gasteiger partial charge >= 0.3 is 6.36 Å². The van der Waals surface area contributed by atoms with Crippen LogP contribution in [0.2, 0.25) is 0 Å². The molecule has 20 heavy (non-hydrogen) atoms. The van der Waals surface area contributed by atoms with Crippen molar-refractivity contribution in [3.8, 4) is 5.75 Å². The third-order valence-corrected chi connectivity index (χ3v) is 3.70. The van der Waals surface area contributed by atoms with Gasteiger partial charge in [-0.2, -0.15) is 0 Å². The lowest BCUT2D eigenvalue weighted by Gasteiger charge is -2.15. The van der Waals surface area contributed by atoms with Crippen molar-refractivity contribution < 1.29 is 26.3 Å². The molecule has 9 heteroatoms. The molecule has 0 unspecified atom stereocenters. The maximum atomic E-state index is 12.3. The third-order valence-electron chi connectivity index (χ3n) is 2.18. The van der Waals surface area contributed by atoms with E-state index in [-0.39, 0.29) is 23.7 Å². The molecule has 1 aromatic rings. The molecule has 4 nitrogen and oxygen atoms in total. The zero-order chi connectivity index (χ0) is 15.4. The van der Waals surface area contributed by atoms with Gasteiger partial charge in [0.1, 0.15) is 9.84 Å². The Balaban J connectivity index is 2.69. The highest BCUT2D eigenvalue weighted by Gasteiger charge is 2.32. The number of rotatable bonds is 6. The second-order valence-corrected chi connectivity index (χ2v) is 7.27. The van der Waals surface area contributed by atoms with Gasteiger partial charge in [-0.25, -0.2) is 8.42 Å². The summed E-state index contributed by atoms with van der Waals surface area (Å²) in [5.74, 6) is -0.405. The molecule has 0 amide bonds. The van der Waals surface area contributed by atoms with Gasteiger partial charge in [0.15, 0.2) is 5.75 Å². The van der Waals surface area contributed by atoms with Gasteiger partial charge in [-0.1, -0.05) is 15.9 Å². The van der Waals surface area contributed by atoms with E-state index in [9.17, 15) is 21.6 Å². The van der Waals surface area contributed by atoms with Crippen LogP contribution in [-0.2, 0) is 9.84 Å². The number of ether oxygens (including phenoxy) is 1. The van der Waals surface area contributed by atoms with Crippen molar-refractivity contribution in [2.75, 3.05) is 23.9 Å². The molecular formula is C11H13BrF3NO3S. The third kappa shape index (κ3) is 6.99. The molecule has 1 aromatic carbocycles. The van der Waals surface area contributed by atoms with E-state index in [1.807, 2.05) is 0 Å². The Hall–Kier alpha value is -0.960. The minimum absolute atomic E-state index is 0.0357. The van der Waals surface area contributed by atoms with E-state index < -0.39 is 16.2 Å². The van der Waals surface area contributed by atoms with Crippen LogP contribution in [0.25, 0.3) is 0 Å². The predicted molar refractivity (Wildman–Crippen MR) is 73.6 cm³/mol. The number of alkyl halides is 3.